The van der Waals surface area contributed by atoms with E-state index in [-0.39, 0.29) is 16.8 Å². The lowest BCUT2D eigenvalue weighted by atomic mass is 9.90. The number of aromatic nitrogens is 3. The largest absolute Gasteiger partial charge is 0.419 e. The third-order valence-corrected chi connectivity index (χ3v) is 4.34. The number of carbonyl (C=O) groups is 1. The van der Waals surface area contributed by atoms with Crippen molar-refractivity contribution in [1.29, 1.82) is 0 Å². The molecule has 3 aromatic rings. The van der Waals surface area contributed by atoms with Crippen molar-refractivity contribution < 1.29 is 27.5 Å². The van der Waals surface area contributed by atoms with Gasteiger partial charge in [-0.15, -0.1) is 0 Å². The van der Waals surface area contributed by atoms with Gasteiger partial charge in [-0.3, -0.25) is 4.79 Å². The van der Waals surface area contributed by atoms with Gasteiger partial charge in [-0.2, -0.15) is 18.3 Å². The molecule has 10 heteroatoms. The Morgan fingerprint density at radius 1 is 1.24 bits per heavy atom. The molecule has 29 heavy (non-hydrogen) atoms. The molecule has 0 aliphatic carbocycles. The normalized spacial score (nSPS) is 13.5. The summed E-state index contributed by atoms with van der Waals surface area (Å²) >= 11 is 0. The quantitative estimate of drug-likeness (QED) is 0.646. The van der Waals surface area contributed by atoms with Crippen molar-refractivity contribution in [1.82, 2.24) is 19.9 Å². The van der Waals surface area contributed by atoms with Crippen molar-refractivity contribution in [3.63, 3.8) is 0 Å². The molecule has 0 spiro atoms. The molecule has 2 N–H and O–H groups in total. The molecule has 1 atom stereocenters. The van der Waals surface area contributed by atoms with Gasteiger partial charge in [0, 0.05) is 12.4 Å². The molecule has 0 fully saturated rings. The molecule has 0 saturated carbocycles. The number of hydrogen-bond donors (Lipinski definition) is 2. The van der Waals surface area contributed by atoms with Crippen LogP contribution in [0.5, 0.6) is 0 Å². The van der Waals surface area contributed by atoms with Crippen LogP contribution in [0.4, 0.5) is 17.6 Å². The van der Waals surface area contributed by atoms with Crippen molar-refractivity contribution >= 4 is 11.6 Å². The fraction of sp³-hybridized carbons (Fsp3) is 0.316. The van der Waals surface area contributed by atoms with Crippen LogP contribution in [0.25, 0.3) is 5.65 Å². The SMILES string of the molecule is Cc1cnc2c(C(=O)NC(c3ccc(C(F)(F)F)c(F)c3)C(C)(C)O)cnn2c1. The molecule has 2 aromatic heterocycles. The van der Waals surface area contributed by atoms with Crippen LogP contribution in [0, 0.1) is 12.7 Å². The van der Waals surface area contributed by atoms with Gasteiger partial charge in [-0.05, 0) is 44.0 Å². The van der Waals surface area contributed by atoms with Crippen molar-refractivity contribution in [2.45, 2.75) is 38.6 Å². The van der Waals surface area contributed by atoms with Gasteiger partial charge in [-0.1, -0.05) is 6.07 Å². The Morgan fingerprint density at radius 3 is 2.52 bits per heavy atom. The lowest BCUT2D eigenvalue weighted by molar-refractivity contribution is -0.140. The van der Waals surface area contributed by atoms with E-state index in [1.165, 1.54) is 24.6 Å². The molecule has 1 unspecified atom stereocenters. The highest BCUT2D eigenvalue weighted by molar-refractivity contribution is 5.99. The molecule has 0 aliphatic heterocycles. The molecule has 1 aromatic carbocycles. The number of nitrogens with one attached hydrogen (secondary N) is 1. The molecule has 154 valence electrons. The average Bonchev–Trinajstić information content (AvgIpc) is 3.00. The number of nitrogens with zero attached hydrogens (tertiary/aromatic N) is 3. The molecule has 1 amide bonds. The zero-order chi connectivity index (χ0) is 21.6. The molecule has 0 saturated heterocycles. The van der Waals surface area contributed by atoms with E-state index in [1.54, 1.807) is 19.3 Å². The highest BCUT2D eigenvalue weighted by atomic mass is 19.4. The lowest BCUT2D eigenvalue weighted by Crippen LogP contribution is -2.42. The standard InChI is InChI=1S/C19H18F4N4O2/c1-10-7-24-16-12(8-25-27(16)9-10)17(28)26-15(18(2,3)29)11-4-5-13(14(20)6-11)19(21,22)23/h4-9,15,29H,1-3H3,(H,26,28). The number of halogens is 4. The summed E-state index contributed by atoms with van der Waals surface area (Å²) in [5.41, 5.74) is -1.86. The van der Waals surface area contributed by atoms with Crippen molar-refractivity contribution in [2.75, 3.05) is 0 Å². The van der Waals surface area contributed by atoms with E-state index in [0.717, 1.165) is 11.6 Å². The number of hydrogen-bond acceptors (Lipinski definition) is 4. The Labute approximate surface area is 163 Å². The minimum atomic E-state index is -4.85. The number of carbonyl (C=O) groups excluding carboxylic acids is 1. The number of aliphatic hydroxyl groups is 1. The number of aryl methyl sites for hydroxylation is 1. The summed E-state index contributed by atoms with van der Waals surface area (Å²) in [7, 11) is 0. The number of amides is 1. The highest BCUT2D eigenvalue weighted by Crippen LogP contribution is 2.34. The average molecular weight is 410 g/mol. The molecule has 0 radical (unpaired) electrons. The first-order chi connectivity index (χ1) is 13.4. The predicted molar refractivity (Wildman–Crippen MR) is 95.6 cm³/mol. The number of benzene rings is 1. The van der Waals surface area contributed by atoms with Gasteiger partial charge in [0.2, 0.25) is 0 Å². The Bertz CT molecular complexity index is 1070. The molecule has 3 rings (SSSR count). The lowest BCUT2D eigenvalue weighted by Gasteiger charge is -2.30. The number of alkyl halides is 3. The van der Waals surface area contributed by atoms with Crippen LogP contribution in [0.1, 0.15) is 46.9 Å². The molecule has 0 aliphatic rings. The fourth-order valence-electron chi connectivity index (χ4n) is 2.95. The molecule has 0 bridgehead atoms. The second-order valence-electron chi connectivity index (χ2n) is 7.25. The van der Waals surface area contributed by atoms with Crippen LogP contribution in [-0.2, 0) is 6.18 Å². The molecular formula is C19H18F4N4O2. The van der Waals surface area contributed by atoms with Gasteiger partial charge in [0.1, 0.15) is 11.4 Å². The topological polar surface area (TPSA) is 79.5 Å². The van der Waals surface area contributed by atoms with Gasteiger partial charge in [0.25, 0.3) is 5.91 Å². The van der Waals surface area contributed by atoms with E-state index in [9.17, 15) is 27.5 Å². The summed E-state index contributed by atoms with van der Waals surface area (Å²) in [5, 5.41) is 17.0. The van der Waals surface area contributed by atoms with E-state index in [2.05, 4.69) is 15.4 Å². The first-order valence-electron chi connectivity index (χ1n) is 8.58. The van der Waals surface area contributed by atoms with Gasteiger partial charge in [0.15, 0.2) is 5.65 Å². The fourth-order valence-corrected chi connectivity index (χ4v) is 2.95. The van der Waals surface area contributed by atoms with Crippen LogP contribution in [0.15, 0.2) is 36.8 Å². The van der Waals surface area contributed by atoms with Gasteiger partial charge >= 0.3 is 6.18 Å². The minimum absolute atomic E-state index is 0.0170. The first kappa shape index (κ1) is 20.7. The molecule has 6 nitrogen and oxygen atoms in total. The number of fused-ring (bicyclic) bond motifs is 1. The first-order valence-corrected chi connectivity index (χ1v) is 8.58. The Hall–Kier alpha value is -3.01. The van der Waals surface area contributed by atoms with Crippen molar-refractivity contribution in [3.8, 4) is 0 Å². The van der Waals surface area contributed by atoms with Crippen molar-refractivity contribution in [3.05, 3.63) is 64.9 Å². The summed E-state index contributed by atoms with van der Waals surface area (Å²) in [6.07, 6.45) is -0.354. The van der Waals surface area contributed by atoms with Crippen LogP contribution < -0.4 is 5.32 Å². The summed E-state index contributed by atoms with van der Waals surface area (Å²) in [6, 6.07) is 1.07. The predicted octanol–water partition coefficient (Wildman–Crippen LogP) is 3.44. The van der Waals surface area contributed by atoms with Crippen LogP contribution in [0.3, 0.4) is 0 Å². The van der Waals surface area contributed by atoms with Crippen LogP contribution >= 0.6 is 0 Å². The van der Waals surface area contributed by atoms with E-state index >= 15 is 0 Å². The zero-order valence-electron chi connectivity index (χ0n) is 15.8. The van der Waals surface area contributed by atoms with Crippen LogP contribution in [0.2, 0.25) is 0 Å². The second kappa shape index (κ2) is 7.11. The van der Waals surface area contributed by atoms with Crippen molar-refractivity contribution in [2.24, 2.45) is 0 Å². The van der Waals surface area contributed by atoms with E-state index in [1.807, 2.05) is 0 Å². The Kier molecular flexibility index (Phi) is 5.08. The smallest absolute Gasteiger partial charge is 0.388 e. The van der Waals surface area contributed by atoms with E-state index in [0.29, 0.717) is 12.1 Å². The van der Waals surface area contributed by atoms with Gasteiger partial charge in [0.05, 0.1) is 23.4 Å². The van der Waals surface area contributed by atoms with E-state index < -0.39 is 35.1 Å². The monoisotopic (exact) mass is 410 g/mol. The summed E-state index contributed by atoms with van der Waals surface area (Å²) in [5.74, 6) is -2.16. The minimum Gasteiger partial charge on any atom is -0.388 e. The van der Waals surface area contributed by atoms with Gasteiger partial charge < -0.3 is 10.4 Å². The summed E-state index contributed by atoms with van der Waals surface area (Å²) < 4.78 is 53.9. The zero-order valence-corrected chi connectivity index (χ0v) is 15.8. The third kappa shape index (κ3) is 4.21. The number of rotatable bonds is 4. The van der Waals surface area contributed by atoms with Gasteiger partial charge in [-0.25, -0.2) is 13.9 Å². The highest BCUT2D eigenvalue weighted by Gasteiger charge is 2.36. The summed E-state index contributed by atoms with van der Waals surface area (Å²) in [4.78, 5) is 16.9. The maximum Gasteiger partial charge on any atom is 0.419 e. The second-order valence-corrected chi connectivity index (χ2v) is 7.25. The van der Waals surface area contributed by atoms with E-state index in [4.69, 9.17) is 0 Å². The van der Waals surface area contributed by atoms with Crippen LogP contribution in [-0.4, -0.2) is 31.2 Å². The maximum absolute atomic E-state index is 14.0. The molecule has 2 heterocycles. The molecular weight excluding hydrogens is 392 g/mol. The maximum atomic E-state index is 14.0. The summed E-state index contributed by atoms with van der Waals surface area (Å²) in [6.45, 7) is 4.51. The Balaban J connectivity index is 1.96. The Morgan fingerprint density at radius 2 is 1.93 bits per heavy atom. The third-order valence-electron chi connectivity index (χ3n) is 4.34.